The quantitative estimate of drug-likeness (QED) is 0.0925. The second kappa shape index (κ2) is 14.9. The number of nitrogens with zero attached hydrogens (tertiary/aromatic N) is 3. The van der Waals surface area contributed by atoms with E-state index in [9.17, 15) is 14.4 Å². The number of para-hydroxylation sites is 1. The highest BCUT2D eigenvalue weighted by Crippen LogP contribution is 2.29. The molecule has 228 valence electrons. The second-order valence-corrected chi connectivity index (χ2v) is 11.2. The van der Waals surface area contributed by atoms with Crippen LogP contribution in [-0.4, -0.2) is 38.1 Å². The van der Waals surface area contributed by atoms with E-state index in [1.54, 1.807) is 37.3 Å². The molecule has 8 heteroatoms. The lowest BCUT2D eigenvalue weighted by atomic mass is 9.99. The van der Waals surface area contributed by atoms with Gasteiger partial charge in [-0.2, -0.15) is 4.99 Å². The molecule has 0 radical (unpaired) electrons. The van der Waals surface area contributed by atoms with Gasteiger partial charge in [-0.25, -0.2) is 0 Å². The van der Waals surface area contributed by atoms with Gasteiger partial charge in [-0.15, -0.1) is 6.42 Å². The molecule has 0 bridgehead atoms. The van der Waals surface area contributed by atoms with Crippen LogP contribution in [0.1, 0.15) is 29.7 Å². The van der Waals surface area contributed by atoms with Crippen molar-refractivity contribution in [3.8, 4) is 12.3 Å². The number of benzene rings is 3. The van der Waals surface area contributed by atoms with Crippen molar-refractivity contribution in [1.29, 1.82) is 0 Å². The summed E-state index contributed by atoms with van der Waals surface area (Å²) < 4.78 is 1.89. The summed E-state index contributed by atoms with van der Waals surface area (Å²) >= 11 is 1.02. The summed E-state index contributed by atoms with van der Waals surface area (Å²) in [7, 11) is 0. The predicted octanol–water partition coefficient (Wildman–Crippen LogP) is 6.67. The van der Waals surface area contributed by atoms with Gasteiger partial charge in [0.2, 0.25) is 5.91 Å². The summed E-state index contributed by atoms with van der Waals surface area (Å²) in [5, 5.41) is 4.06. The highest BCUT2D eigenvalue weighted by Gasteiger charge is 2.35. The van der Waals surface area contributed by atoms with Crippen LogP contribution >= 0.6 is 11.8 Å². The fraction of sp³-hybridized carbons (Fsp3) is 0.105. The van der Waals surface area contributed by atoms with Crippen LogP contribution < -0.4 is 5.32 Å². The largest absolute Gasteiger partial charge is 0.344 e. The number of fused-ring (bicyclic) bond motifs is 1. The molecule has 1 aliphatic heterocycles. The Morgan fingerprint density at radius 3 is 2.30 bits per heavy atom. The number of carbonyl (C=O) groups is 3. The number of allylic oxidation sites excluding steroid dienone is 4. The predicted molar refractivity (Wildman–Crippen MR) is 186 cm³/mol. The van der Waals surface area contributed by atoms with Gasteiger partial charge in [0.15, 0.2) is 5.17 Å². The number of terminal acetylenes is 1. The van der Waals surface area contributed by atoms with Crippen molar-refractivity contribution in [1.82, 2.24) is 14.8 Å². The van der Waals surface area contributed by atoms with Crippen molar-refractivity contribution in [3.05, 3.63) is 150 Å². The highest BCUT2D eigenvalue weighted by atomic mass is 32.2. The zero-order valence-electron chi connectivity index (χ0n) is 25.3. The third-order valence-corrected chi connectivity index (χ3v) is 8.23. The summed E-state index contributed by atoms with van der Waals surface area (Å²) in [5.74, 6) is 1.04. The van der Waals surface area contributed by atoms with Crippen LogP contribution in [0.2, 0.25) is 0 Å². The van der Waals surface area contributed by atoms with Gasteiger partial charge in [0.1, 0.15) is 5.57 Å². The summed E-state index contributed by atoms with van der Waals surface area (Å²) in [6, 6.07) is 26.6. The SMILES string of the molecule is C#CCn1cc(/C=C2\C(=O)N=C(SCC(=O)NC(c3ccccc3)c3ccccc3)N(C(/C=C\C=C)=C/C)C2=O)c2ccccc21. The Labute approximate surface area is 272 Å². The van der Waals surface area contributed by atoms with Crippen LogP contribution in [0.15, 0.2) is 138 Å². The number of carbonyl (C=O) groups excluding carboxylic acids is 3. The number of aliphatic imine (C=N–C) groups is 1. The minimum atomic E-state index is -0.687. The first kappa shape index (κ1) is 31.8. The first-order valence-corrected chi connectivity index (χ1v) is 15.6. The molecule has 1 N–H and O–H groups in total. The average Bonchev–Trinajstić information content (AvgIpc) is 3.43. The number of nitrogens with one attached hydrogen (secondary N) is 1. The van der Waals surface area contributed by atoms with Crippen LogP contribution in [0.5, 0.6) is 0 Å². The van der Waals surface area contributed by atoms with Crippen LogP contribution in [0.3, 0.4) is 0 Å². The van der Waals surface area contributed by atoms with Crippen molar-refractivity contribution >= 4 is 51.6 Å². The number of hydrogen-bond acceptors (Lipinski definition) is 4. The van der Waals surface area contributed by atoms with Gasteiger partial charge in [0, 0.05) is 28.4 Å². The van der Waals surface area contributed by atoms with E-state index >= 15 is 0 Å². The normalized spacial score (nSPS) is 14.6. The summed E-state index contributed by atoms with van der Waals surface area (Å²) in [5.41, 5.74) is 3.80. The summed E-state index contributed by atoms with van der Waals surface area (Å²) in [4.78, 5) is 46.6. The van der Waals surface area contributed by atoms with Crippen molar-refractivity contribution in [3.63, 3.8) is 0 Å². The number of hydrogen-bond donors (Lipinski definition) is 1. The van der Waals surface area contributed by atoms with Gasteiger partial charge in [0.05, 0.1) is 18.3 Å². The van der Waals surface area contributed by atoms with Gasteiger partial charge in [0.25, 0.3) is 11.8 Å². The van der Waals surface area contributed by atoms with E-state index in [1.165, 1.54) is 4.90 Å². The maximum absolute atomic E-state index is 14.1. The molecule has 4 aromatic rings. The first-order valence-electron chi connectivity index (χ1n) is 14.6. The van der Waals surface area contributed by atoms with E-state index in [-0.39, 0.29) is 28.4 Å². The lowest BCUT2D eigenvalue weighted by Gasteiger charge is -2.28. The second-order valence-electron chi connectivity index (χ2n) is 10.3. The van der Waals surface area contributed by atoms with Crippen LogP contribution in [0.4, 0.5) is 0 Å². The van der Waals surface area contributed by atoms with Gasteiger partial charge >= 0.3 is 0 Å². The summed E-state index contributed by atoms with van der Waals surface area (Å²) in [6.45, 7) is 5.85. The van der Waals surface area contributed by atoms with Crippen LogP contribution in [0.25, 0.3) is 17.0 Å². The van der Waals surface area contributed by atoms with Crippen molar-refractivity contribution < 1.29 is 14.4 Å². The zero-order chi connectivity index (χ0) is 32.5. The molecule has 0 saturated carbocycles. The van der Waals surface area contributed by atoms with Gasteiger partial charge < -0.3 is 9.88 Å². The molecular formula is C38H32N4O3S. The molecule has 5 rings (SSSR count). The molecular weight excluding hydrogens is 593 g/mol. The van der Waals surface area contributed by atoms with E-state index in [2.05, 4.69) is 22.8 Å². The maximum Gasteiger partial charge on any atom is 0.285 e. The van der Waals surface area contributed by atoms with E-state index < -0.39 is 11.8 Å². The Bertz CT molecular complexity index is 1910. The molecule has 3 amide bonds. The monoisotopic (exact) mass is 624 g/mol. The number of amidine groups is 1. The van der Waals surface area contributed by atoms with Crippen molar-refractivity contribution in [2.45, 2.75) is 19.5 Å². The number of thioether (sulfide) groups is 1. The Hall–Kier alpha value is -5.65. The zero-order valence-corrected chi connectivity index (χ0v) is 26.1. The molecule has 3 aromatic carbocycles. The van der Waals surface area contributed by atoms with E-state index in [1.807, 2.05) is 95.7 Å². The van der Waals surface area contributed by atoms with Crippen molar-refractivity contribution in [2.24, 2.45) is 4.99 Å². The van der Waals surface area contributed by atoms with E-state index in [0.29, 0.717) is 17.8 Å². The smallest absolute Gasteiger partial charge is 0.285 e. The van der Waals surface area contributed by atoms with Crippen LogP contribution in [-0.2, 0) is 20.9 Å². The molecule has 0 saturated heterocycles. The van der Waals surface area contributed by atoms with Crippen LogP contribution in [0, 0.1) is 12.3 Å². The third-order valence-electron chi connectivity index (χ3n) is 7.29. The molecule has 0 fully saturated rings. The molecule has 2 heterocycles. The fourth-order valence-electron chi connectivity index (χ4n) is 5.17. The molecule has 46 heavy (non-hydrogen) atoms. The Kier molecular flexibility index (Phi) is 10.3. The van der Waals surface area contributed by atoms with Gasteiger partial charge in [-0.05, 0) is 36.3 Å². The Morgan fingerprint density at radius 1 is 1.02 bits per heavy atom. The molecule has 0 spiro atoms. The third kappa shape index (κ3) is 7.01. The Morgan fingerprint density at radius 2 is 1.67 bits per heavy atom. The maximum atomic E-state index is 14.1. The summed E-state index contributed by atoms with van der Waals surface area (Å²) in [6.07, 6.45) is 15.7. The van der Waals surface area contributed by atoms with Gasteiger partial charge in [-0.3, -0.25) is 19.3 Å². The Balaban J connectivity index is 1.46. The number of aromatic nitrogens is 1. The van der Waals surface area contributed by atoms with E-state index in [0.717, 1.165) is 33.8 Å². The van der Waals surface area contributed by atoms with Crippen molar-refractivity contribution in [2.75, 3.05) is 5.75 Å². The fourth-order valence-corrected chi connectivity index (χ4v) is 5.98. The minimum absolute atomic E-state index is 0.0765. The molecule has 1 aliphatic rings. The minimum Gasteiger partial charge on any atom is -0.344 e. The molecule has 0 aliphatic carbocycles. The van der Waals surface area contributed by atoms with Gasteiger partial charge in [-0.1, -0.05) is 121 Å². The average molecular weight is 625 g/mol. The lowest BCUT2D eigenvalue weighted by Crippen LogP contribution is -2.42. The number of amides is 3. The molecule has 7 nitrogen and oxygen atoms in total. The first-order chi connectivity index (χ1) is 22.4. The number of rotatable bonds is 10. The van der Waals surface area contributed by atoms with E-state index in [4.69, 9.17) is 6.42 Å². The lowest BCUT2D eigenvalue weighted by molar-refractivity contribution is -0.126. The standard InChI is InChI=1S/C38H32N4O3S/c1-4-7-20-30(6-3)42-37(45)32(24-29-25-41(23-5-2)33-22-15-14-21-31(29)33)36(44)40-38(42)46-26-34(43)39-35(27-16-10-8-11-17-27)28-18-12-9-13-19-28/h2,4,6-22,24-25,35H,1,23,26H2,3H3,(H,39,43)/b20-7-,30-6+,32-24+. The topological polar surface area (TPSA) is 83.8 Å². The molecule has 1 aromatic heterocycles. The molecule has 0 atom stereocenters. The molecule has 0 unspecified atom stereocenters. The highest BCUT2D eigenvalue weighted by molar-refractivity contribution is 8.14.